The maximum atomic E-state index is 12.9. The molecule has 2 N–H and O–H groups in total. The van der Waals surface area contributed by atoms with E-state index < -0.39 is 20.0 Å². The molecule has 3 unspecified atom stereocenters. The lowest BCUT2D eigenvalue weighted by molar-refractivity contribution is -0.870. The van der Waals surface area contributed by atoms with E-state index in [1.54, 1.807) is 6.08 Å². The summed E-state index contributed by atoms with van der Waals surface area (Å²) in [6, 6.07) is -0.885. The molecular weight excluding hydrogens is 780 g/mol. The number of allylic oxidation sites excluding steroid dienone is 3. The normalized spacial score (nSPS) is 14.3. The highest BCUT2D eigenvalue weighted by molar-refractivity contribution is 7.45. The number of phosphoric ester groups is 1. The molecule has 3 atom stereocenters. The molecule has 362 valence electrons. The standard InChI is InChI=1S/C52H103N2O6P/c1-6-8-10-12-14-16-18-20-22-23-24-25-26-27-28-29-30-32-34-36-38-40-42-44-46-52(56)53-50(49-60-61(57,58)59-48-47-54(3,4)5)51(55)45-43-41-39-37-35-33-31-21-19-17-15-13-11-9-7-2/h27-28,43,45,50-51,55H,6-26,29-42,44,46-49H2,1-5H3,(H-,53,56,57,58)/b28-27-,45-43+. The number of hydrogen-bond donors (Lipinski definition) is 2. The summed E-state index contributed by atoms with van der Waals surface area (Å²) in [7, 11) is 1.27. The van der Waals surface area contributed by atoms with Gasteiger partial charge in [-0.2, -0.15) is 0 Å². The molecule has 0 heterocycles. The Morgan fingerprint density at radius 3 is 1.28 bits per heavy atom. The van der Waals surface area contributed by atoms with Gasteiger partial charge in [0.2, 0.25) is 5.91 Å². The number of nitrogens with one attached hydrogen (secondary N) is 1. The third-order valence-corrected chi connectivity index (χ3v) is 12.9. The highest BCUT2D eigenvalue weighted by Gasteiger charge is 2.23. The lowest BCUT2D eigenvalue weighted by Gasteiger charge is -2.29. The molecule has 0 saturated heterocycles. The van der Waals surface area contributed by atoms with E-state index in [1.165, 1.54) is 193 Å². The number of aliphatic hydroxyl groups excluding tert-OH is 1. The van der Waals surface area contributed by atoms with Crippen LogP contribution in [0.3, 0.4) is 0 Å². The molecule has 0 aromatic rings. The number of unbranched alkanes of at least 4 members (excludes halogenated alkanes) is 33. The van der Waals surface area contributed by atoms with Gasteiger partial charge in [-0.05, 0) is 44.9 Å². The van der Waals surface area contributed by atoms with E-state index in [9.17, 15) is 19.4 Å². The molecule has 8 nitrogen and oxygen atoms in total. The van der Waals surface area contributed by atoms with E-state index in [1.807, 2.05) is 27.2 Å². The first kappa shape index (κ1) is 60.0. The zero-order valence-corrected chi connectivity index (χ0v) is 42.0. The van der Waals surface area contributed by atoms with Crippen molar-refractivity contribution in [1.82, 2.24) is 5.32 Å². The van der Waals surface area contributed by atoms with Crippen molar-refractivity contribution in [2.24, 2.45) is 0 Å². The van der Waals surface area contributed by atoms with Crippen molar-refractivity contribution in [3.05, 3.63) is 24.3 Å². The third kappa shape index (κ3) is 46.8. The molecule has 0 fully saturated rings. The first-order chi connectivity index (χ1) is 29.5. The third-order valence-electron chi connectivity index (χ3n) is 11.9. The zero-order chi connectivity index (χ0) is 45.0. The number of amides is 1. The van der Waals surface area contributed by atoms with Crippen LogP contribution < -0.4 is 10.2 Å². The van der Waals surface area contributed by atoms with Crippen LogP contribution in [0.15, 0.2) is 24.3 Å². The van der Waals surface area contributed by atoms with E-state index in [2.05, 4.69) is 31.3 Å². The Balaban J connectivity index is 4.23. The summed E-state index contributed by atoms with van der Waals surface area (Å²) in [5.74, 6) is -0.198. The molecule has 0 aliphatic heterocycles. The number of nitrogens with zero attached hydrogens (tertiary/aromatic N) is 1. The van der Waals surface area contributed by atoms with Gasteiger partial charge in [0.05, 0.1) is 39.9 Å². The van der Waals surface area contributed by atoms with Gasteiger partial charge in [0.1, 0.15) is 13.2 Å². The minimum Gasteiger partial charge on any atom is -0.756 e. The lowest BCUT2D eigenvalue weighted by Crippen LogP contribution is -2.45. The maximum absolute atomic E-state index is 12.9. The van der Waals surface area contributed by atoms with Crippen molar-refractivity contribution in [2.75, 3.05) is 40.9 Å². The topological polar surface area (TPSA) is 108 Å². The Labute approximate surface area is 379 Å². The summed E-state index contributed by atoms with van der Waals surface area (Å²) in [5, 5.41) is 13.8. The summed E-state index contributed by atoms with van der Waals surface area (Å²) in [6.07, 6.45) is 53.8. The fourth-order valence-electron chi connectivity index (χ4n) is 7.74. The van der Waals surface area contributed by atoms with E-state index in [0.717, 1.165) is 38.5 Å². The Morgan fingerprint density at radius 1 is 0.557 bits per heavy atom. The van der Waals surface area contributed by atoms with Gasteiger partial charge < -0.3 is 28.8 Å². The fourth-order valence-corrected chi connectivity index (χ4v) is 8.46. The van der Waals surface area contributed by atoms with Crippen molar-refractivity contribution in [3.63, 3.8) is 0 Å². The number of rotatable bonds is 48. The first-order valence-electron chi connectivity index (χ1n) is 26.2. The lowest BCUT2D eigenvalue weighted by atomic mass is 10.0. The second-order valence-corrected chi connectivity index (χ2v) is 20.6. The summed E-state index contributed by atoms with van der Waals surface area (Å²) in [6.45, 7) is 4.67. The number of hydrogen-bond acceptors (Lipinski definition) is 6. The Kier molecular flexibility index (Phi) is 43.5. The van der Waals surface area contributed by atoms with E-state index >= 15 is 0 Å². The number of aliphatic hydroxyl groups is 1. The quantitative estimate of drug-likeness (QED) is 0.0273. The molecule has 9 heteroatoms. The molecule has 0 radical (unpaired) electrons. The van der Waals surface area contributed by atoms with E-state index in [-0.39, 0.29) is 19.1 Å². The van der Waals surface area contributed by atoms with Gasteiger partial charge in [0.25, 0.3) is 7.82 Å². The molecule has 0 aliphatic carbocycles. The van der Waals surface area contributed by atoms with Gasteiger partial charge in [-0.15, -0.1) is 0 Å². The predicted molar refractivity (Wildman–Crippen MR) is 261 cm³/mol. The Hall–Kier alpha value is -1.02. The van der Waals surface area contributed by atoms with Crippen LogP contribution in [0.4, 0.5) is 0 Å². The average Bonchev–Trinajstić information content (AvgIpc) is 3.21. The van der Waals surface area contributed by atoms with Gasteiger partial charge >= 0.3 is 0 Å². The monoisotopic (exact) mass is 883 g/mol. The van der Waals surface area contributed by atoms with Crippen molar-refractivity contribution >= 4 is 13.7 Å². The second-order valence-electron chi connectivity index (χ2n) is 19.2. The van der Waals surface area contributed by atoms with Gasteiger partial charge in [0.15, 0.2) is 0 Å². The van der Waals surface area contributed by atoms with Gasteiger partial charge in [0, 0.05) is 6.42 Å². The summed E-state index contributed by atoms with van der Waals surface area (Å²) in [4.78, 5) is 25.4. The number of phosphoric acid groups is 1. The first-order valence-corrected chi connectivity index (χ1v) is 27.7. The van der Waals surface area contributed by atoms with Crippen molar-refractivity contribution in [3.8, 4) is 0 Å². The second kappa shape index (κ2) is 44.2. The maximum Gasteiger partial charge on any atom is 0.268 e. The van der Waals surface area contributed by atoms with Crippen molar-refractivity contribution < 1.29 is 32.9 Å². The van der Waals surface area contributed by atoms with Gasteiger partial charge in [-0.25, -0.2) is 0 Å². The molecule has 1 amide bonds. The molecule has 0 aromatic heterocycles. The molecule has 0 rings (SSSR count). The number of quaternary nitrogens is 1. The predicted octanol–water partition coefficient (Wildman–Crippen LogP) is 14.6. The van der Waals surface area contributed by atoms with E-state index in [4.69, 9.17) is 9.05 Å². The highest BCUT2D eigenvalue weighted by Crippen LogP contribution is 2.38. The average molecular weight is 883 g/mol. The zero-order valence-electron chi connectivity index (χ0n) is 41.1. The van der Waals surface area contributed by atoms with Crippen LogP contribution in [0.1, 0.15) is 251 Å². The SMILES string of the molecule is CCCCCCCCCCCCCC/C=C\CCCCCCCCCCC(=O)NC(COP(=O)([O-])OCC[N+](C)(C)C)C(O)/C=C/CCCCCCCCCCCCCCC. The van der Waals surface area contributed by atoms with Crippen LogP contribution in [-0.2, 0) is 18.4 Å². The fraction of sp³-hybridized carbons (Fsp3) is 0.904. The van der Waals surface area contributed by atoms with Crippen LogP contribution in [0.25, 0.3) is 0 Å². The number of carbonyl (C=O) groups excluding carboxylic acids is 1. The number of likely N-dealkylation sites (N-methyl/N-ethyl adjacent to an activating group) is 1. The van der Waals surface area contributed by atoms with Gasteiger partial charge in [-0.3, -0.25) is 9.36 Å². The van der Waals surface area contributed by atoms with Gasteiger partial charge in [-0.1, -0.05) is 224 Å². The minimum absolute atomic E-state index is 0.000206. The molecule has 0 aromatic carbocycles. The van der Waals surface area contributed by atoms with E-state index in [0.29, 0.717) is 17.4 Å². The molecule has 0 saturated carbocycles. The minimum atomic E-state index is -4.59. The van der Waals surface area contributed by atoms with Crippen molar-refractivity contribution in [1.29, 1.82) is 0 Å². The summed E-state index contributed by atoms with van der Waals surface area (Å²) < 4.78 is 23.3. The summed E-state index contributed by atoms with van der Waals surface area (Å²) in [5.41, 5.74) is 0. The van der Waals surface area contributed by atoms with Crippen molar-refractivity contribution in [2.45, 2.75) is 264 Å². The van der Waals surface area contributed by atoms with Crippen LogP contribution in [-0.4, -0.2) is 68.5 Å². The smallest absolute Gasteiger partial charge is 0.268 e. The molecular formula is C52H103N2O6P. The molecule has 0 aliphatic rings. The van der Waals surface area contributed by atoms with Crippen LogP contribution >= 0.6 is 7.82 Å². The highest BCUT2D eigenvalue weighted by atomic mass is 31.2. The Morgan fingerprint density at radius 2 is 0.902 bits per heavy atom. The largest absolute Gasteiger partial charge is 0.756 e. The molecule has 61 heavy (non-hydrogen) atoms. The van der Waals surface area contributed by atoms with Crippen LogP contribution in [0.2, 0.25) is 0 Å². The Bertz CT molecular complexity index is 1050. The molecule has 0 bridgehead atoms. The van der Waals surface area contributed by atoms with Crippen LogP contribution in [0, 0.1) is 0 Å². The number of carbonyl (C=O) groups is 1. The summed E-state index contributed by atoms with van der Waals surface area (Å²) >= 11 is 0. The van der Waals surface area contributed by atoms with Crippen LogP contribution in [0.5, 0.6) is 0 Å². The molecule has 0 spiro atoms.